The molecule has 0 bridgehead atoms. The van der Waals surface area contributed by atoms with Gasteiger partial charge in [0.2, 0.25) is 0 Å². The van der Waals surface area contributed by atoms with Gasteiger partial charge in [-0.1, -0.05) is 11.3 Å². The lowest BCUT2D eigenvalue weighted by Gasteiger charge is -1.99. The Kier molecular flexibility index (Phi) is 2.90. The van der Waals surface area contributed by atoms with Crippen molar-refractivity contribution in [2.24, 2.45) is 0 Å². The zero-order chi connectivity index (χ0) is 13.3. The molecule has 2 aromatic rings. The number of nitrogens with one attached hydrogen (secondary N) is 1. The summed E-state index contributed by atoms with van der Waals surface area (Å²) in [6, 6.07) is 0. The topological polar surface area (TPSA) is 129 Å². The smallest absolute Gasteiger partial charge is 0.394 e. The molecule has 18 heavy (non-hydrogen) atoms. The Morgan fingerprint density at radius 2 is 1.83 bits per heavy atom. The molecule has 0 fully saturated rings. The van der Waals surface area contributed by atoms with Crippen molar-refractivity contribution in [3.63, 3.8) is 0 Å². The fraction of sp³-hybridized carbons (Fsp3) is 0. The molecule has 0 saturated carbocycles. The van der Waals surface area contributed by atoms with Gasteiger partial charge in [0.1, 0.15) is 20.9 Å². The number of thiophene rings is 1. The highest BCUT2D eigenvalue weighted by atomic mass is 32.1. The molecule has 0 aromatic carbocycles. The van der Waals surface area contributed by atoms with Crippen molar-refractivity contribution in [3.8, 4) is 0 Å². The van der Waals surface area contributed by atoms with Gasteiger partial charge in [-0.3, -0.25) is 9.78 Å². The van der Waals surface area contributed by atoms with Gasteiger partial charge in [0.15, 0.2) is 0 Å². The first-order valence-corrected chi connectivity index (χ1v) is 5.33. The summed E-state index contributed by atoms with van der Waals surface area (Å²) >= 11 is 0.848. The summed E-state index contributed by atoms with van der Waals surface area (Å²) in [5.74, 6) is -4.34. The van der Waals surface area contributed by atoms with Gasteiger partial charge in [-0.15, -0.1) is 0 Å². The Balaban J connectivity index is 2.56. The molecule has 2 rings (SSSR count). The van der Waals surface area contributed by atoms with Gasteiger partial charge < -0.3 is 15.5 Å². The van der Waals surface area contributed by atoms with Crippen LogP contribution in [0.1, 0.15) is 10.4 Å². The molecule has 1 amide bonds. The number of hydrogen-bond acceptors (Lipinski definition) is 6. The number of carbonyl (C=O) groups is 3. The maximum Gasteiger partial charge on any atom is 0.394 e. The van der Waals surface area contributed by atoms with Crippen LogP contribution in [0.2, 0.25) is 0 Å². The van der Waals surface area contributed by atoms with Crippen molar-refractivity contribution >= 4 is 44.5 Å². The number of aromatic carboxylic acids is 1. The second-order valence-corrected chi connectivity index (χ2v) is 4.08. The molecule has 0 aliphatic rings. The number of carboxylic acid groups (broad SMARTS) is 2. The van der Waals surface area contributed by atoms with Crippen LogP contribution in [0, 0.1) is 0 Å². The predicted molar refractivity (Wildman–Crippen MR) is 60.6 cm³/mol. The number of anilines is 1. The Morgan fingerprint density at radius 3 is 2.44 bits per heavy atom. The first kappa shape index (κ1) is 11.9. The molecule has 8 nitrogen and oxygen atoms in total. The average molecular weight is 267 g/mol. The number of carboxylic acids is 2. The van der Waals surface area contributed by atoms with E-state index < -0.39 is 17.8 Å². The van der Waals surface area contributed by atoms with Crippen LogP contribution in [0.15, 0.2) is 12.4 Å². The molecule has 0 unspecified atom stereocenters. The Bertz CT molecular complexity index is 665. The number of fused-ring (bicyclic) bond motifs is 1. The maximum absolute atomic E-state index is 11.1. The summed E-state index contributed by atoms with van der Waals surface area (Å²) < 4.78 is 0. The summed E-state index contributed by atoms with van der Waals surface area (Å²) in [7, 11) is 0. The fourth-order valence-electron chi connectivity index (χ4n) is 1.27. The Morgan fingerprint density at radius 1 is 1.17 bits per heavy atom. The van der Waals surface area contributed by atoms with Gasteiger partial charge in [-0.2, -0.15) is 0 Å². The minimum absolute atomic E-state index is 0.101. The molecule has 2 aromatic heterocycles. The van der Waals surface area contributed by atoms with E-state index in [0.717, 1.165) is 11.3 Å². The molecule has 0 radical (unpaired) electrons. The van der Waals surface area contributed by atoms with Crippen molar-refractivity contribution in [2.45, 2.75) is 0 Å². The van der Waals surface area contributed by atoms with Crippen LogP contribution in [0.25, 0.3) is 10.3 Å². The second-order valence-electron chi connectivity index (χ2n) is 3.08. The highest BCUT2D eigenvalue weighted by Gasteiger charge is 2.23. The van der Waals surface area contributed by atoms with Gasteiger partial charge >= 0.3 is 17.8 Å². The minimum Gasteiger partial charge on any atom is -0.478 e. The van der Waals surface area contributed by atoms with Crippen molar-refractivity contribution < 1.29 is 24.6 Å². The maximum atomic E-state index is 11.1. The fourth-order valence-corrected chi connectivity index (χ4v) is 2.26. The van der Waals surface area contributed by atoms with Gasteiger partial charge in [-0.05, 0) is 0 Å². The van der Waals surface area contributed by atoms with Crippen molar-refractivity contribution in [1.82, 2.24) is 9.97 Å². The van der Waals surface area contributed by atoms with Crippen LogP contribution in [0.4, 0.5) is 5.00 Å². The number of nitrogens with zero attached hydrogens (tertiary/aromatic N) is 2. The molecule has 9 heteroatoms. The van der Waals surface area contributed by atoms with E-state index in [-0.39, 0.29) is 16.1 Å². The van der Waals surface area contributed by atoms with Gasteiger partial charge in [0, 0.05) is 12.4 Å². The summed E-state index contributed by atoms with van der Waals surface area (Å²) in [5, 5.41) is 19.4. The lowest BCUT2D eigenvalue weighted by Crippen LogP contribution is -2.22. The third-order valence-corrected chi connectivity index (χ3v) is 2.96. The van der Waals surface area contributed by atoms with Gasteiger partial charge in [0.25, 0.3) is 0 Å². The molecule has 2 heterocycles. The van der Waals surface area contributed by atoms with E-state index in [4.69, 9.17) is 10.2 Å². The summed E-state index contributed by atoms with van der Waals surface area (Å²) in [6.07, 6.45) is 2.68. The van der Waals surface area contributed by atoms with Crippen LogP contribution < -0.4 is 5.32 Å². The van der Waals surface area contributed by atoms with Crippen LogP contribution in [0.5, 0.6) is 0 Å². The Hall–Kier alpha value is -2.55. The molecule has 0 spiro atoms. The van der Waals surface area contributed by atoms with E-state index in [9.17, 15) is 14.4 Å². The number of carbonyl (C=O) groups excluding carboxylic acids is 1. The third kappa shape index (κ3) is 1.98. The molecule has 0 aliphatic heterocycles. The number of hydrogen-bond donors (Lipinski definition) is 3. The number of aromatic nitrogens is 2. The predicted octanol–water partition coefficient (Wildman–Crippen LogP) is 0.413. The van der Waals surface area contributed by atoms with Crippen molar-refractivity contribution in [2.75, 3.05) is 5.32 Å². The quantitative estimate of drug-likeness (QED) is 0.672. The zero-order valence-corrected chi connectivity index (χ0v) is 9.39. The van der Waals surface area contributed by atoms with Crippen LogP contribution in [-0.4, -0.2) is 38.0 Å². The van der Waals surface area contributed by atoms with E-state index in [1.807, 2.05) is 5.32 Å². The van der Waals surface area contributed by atoms with E-state index in [1.54, 1.807) is 0 Å². The molecule has 0 atom stereocenters. The summed E-state index contributed by atoms with van der Waals surface area (Å²) in [6.45, 7) is 0. The number of rotatable bonds is 2. The van der Waals surface area contributed by atoms with Crippen LogP contribution in [-0.2, 0) is 9.59 Å². The molecule has 0 saturated heterocycles. The SMILES string of the molecule is O=C(O)C(=O)Nc1sc2nccnc2c1C(=O)O. The molecule has 0 aliphatic carbocycles. The second kappa shape index (κ2) is 4.37. The average Bonchev–Trinajstić information content (AvgIpc) is 2.66. The molecule has 92 valence electrons. The highest BCUT2D eigenvalue weighted by Crippen LogP contribution is 2.32. The van der Waals surface area contributed by atoms with Crippen LogP contribution >= 0.6 is 11.3 Å². The highest BCUT2D eigenvalue weighted by molar-refractivity contribution is 7.23. The van der Waals surface area contributed by atoms with E-state index in [2.05, 4.69) is 9.97 Å². The standard InChI is InChI=1S/C9H5N3O5S/c13-5(9(16)17)12-6-3(8(14)15)4-7(18-6)11-2-1-10-4/h1-2H,(H,12,13)(H,14,15)(H,16,17). The van der Waals surface area contributed by atoms with Crippen LogP contribution in [0.3, 0.4) is 0 Å². The monoisotopic (exact) mass is 267 g/mol. The van der Waals surface area contributed by atoms with Crippen molar-refractivity contribution in [3.05, 3.63) is 18.0 Å². The van der Waals surface area contributed by atoms with E-state index in [1.165, 1.54) is 12.4 Å². The first-order chi connectivity index (χ1) is 8.50. The lowest BCUT2D eigenvalue weighted by molar-refractivity contribution is -0.147. The third-order valence-electron chi connectivity index (χ3n) is 1.96. The van der Waals surface area contributed by atoms with Gasteiger partial charge in [0.05, 0.1) is 0 Å². The van der Waals surface area contributed by atoms with E-state index >= 15 is 0 Å². The molecular formula is C9H5N3O5S. The summed E-state index contributed by atoms with van der Waals surface area (Å²) in [5.41, 5.74) is -0.159. The zero-order valence-electron chi connectivity index (χ0n) is 8.58. The largest absolute Gasteiger partial charge is 0.478 e. The van der Waals surface area contributed by atoms with Crippen molar-refractivity contribution in [1.29, 1.82) is 0 Å². The number of aliphatic carboxylic acids is 1. The number of amides is 1. The lowest BCUT2D eigenvalue weighted by atomic mass is 10.3. The molecular weight excluding hydrogens is 262 g/mol. The summed E-state index contributed by atoms with van der Waals surface area (Å²) in [4.78, 5) is 40.6. The molecule has 3 N–H and O–H groups in total. The first-order valence-electron chi connectivity index (χ1n) is 4.51. The minimum atomic E-state index is -1.70. The van der Waals surface area contributed by atoms with Gasteiger partial charge in [-0.25, -0.2) is 14.6 Å². The van der Waals surface area contributed by atoms with E-state index in [0.29, 0.717) is 4.83 Å². The normalized spacial score (nSPS) is 10.2. The Labute approximate surface area is 103 Å².